The average Bonchev–Trinajstić information content (AvgIpc) is 2.52. The third kappa shape index (κ3) is 4.09. The molecule has 0 saturated carbocycles. The van der Waals surface area contributed by atoms with E-state index in [9.17, 15) is 4.79 Å². The van der Waals surface area contributed by atoms with Crippen LogP contribution in [0.4, 0.5) is 0 Å². The summed E-state index contributed by atoms with van der Waals surface area (Å²) < 4.78 is 12.2. The van der Waals surface area contributed by atoms with E-state index < -0.39 is 8.32 Å². The van der Waals surface area contributed by atoms with Gasteiger partial charge in [-0.25, -0.2) is 0 Å². The van der Waals surface area contributed by atoms with Crippen molar-refractivity contribution in [2.24, 2.45) is 5.92 Å². The first-order chi connectivity index (χ1) is 11.2. The van der Waals surface area contributed by atoms with E-state index in [1.807, 2.05) is 6.07 Å². The van der Waals surface area contributed by atoms with Gasteiger partial charge in [-0.2, -0.15) is 0 Å². The van der Waals surface area contributed by atoms with Gasteiger partial charge in [0.05, 0.1) is 13.2 Å². The number of ether oxygens (including phenoxy) is 1. The third-order valence-electron chi connectivity index (χ3n) is 5.75. The number of fused-ring (bicyclic) bond motifs is 1. The van der Waals surface area contributed by atoms with Crippen molar-refractivity contribution >= 4 is 14.6 Å². The lowest BCUT2D eigenvalue weighted by Crippen LogP contribution is -2.44. The maximum Gasteiger partial charge on any atom is 0.192 e. The molecule has 0 amide bonds. The van der Waals surface area contributed by atoms with Crippen molar-refractivity contribution in [3.8, 4) is 5.75 Å². The fraction of sp³-hybridized carbons (Fsp3) is 0.650. The van der Waals surface area contributed by atoms with Crippen LogP contribution in [0.15, 0.2) is 18.2 Å². The third-order valence-corrected chi connectivity index (χ3v) is 10.2. The Balaban J connectivity index is 2.36. The summed E-state index contributed by atoms with van der Waals surface area (Å²) in [5.41, 5.74) is 2.63. The Hall–Kier alpha value is -1.13. The number of carbonyl (C=O) groups excluding carboxylic acids is 1. The molecule has 1 aliphatic rings. The predicted molar refractivity (Wildman–Crippen MR) is 101 cm³/mol. The van der Waals surface area contributed by atoms with Crippen molar-refractivity contribution in [2.75, 3.05) is 7.11 Å². The van der Waals surface area contributed by atoms with Crippen LogP contribution in [0.3, 0.4) is 0 Å². The molecule has 0 saturated heterocycles. The summed E-state index contributed by atoms with van der Waals surface area (Å²) >= 11 is 0. The zero-order chi connectivity index (χ0) is 18.0. The fourth-order valence-corrected chi connectivity index (χ4v) is 4.49. The molecule has 0 fully saturated rings. The zero-order valence-electron chi connectivity index (χ0n) is 16.0. The monoisotopic (exact) mass is 348 g/mol. The Morgan fingerprint density at radius 3 is 2.58 bits per heavy atom. The lowest BCUT2D eigenvalue weighted by atomic mass is 9.79. The quantitative estimate of drug-likeness (QED) is 0.517. The van der Waals surface area contributed by atoms with Gasteiger partial charge in [0.2, 0.25) is 0 Å². The van der Waals surface area contributed by atoms with Gasteiger partial charge in [-0.15, -0.1) is 0 Å². The summed E-state index contributed by atoms with van der Waals surface area (Å²) in [5.74, 6) is 1.33. The molecule has 24 heavy (non-hydrogen) atoms. The Labute approximate surface area is 147 Å². The Bertz CT molecular complexity index is 575. The van der Waals surface area contributed by atoms with Crippen LogP contribution in [0.2, 0.25) is 18.1 Å². The second kappa shape index (κ2) is 7.40. The molecule has 0 heterocycles. The molecule has 1 unspecified atom stereocenters. The smallest absolute Gasteiger partial charge is 0.192 e. The number of hydrogen-bond acceptors (Lipinski definition) is 3. The highest BCUT2D eigenvalue weighted by Crippen LogP contribution is 2.46. The van der Waals surface area contributed by atoms with Crippen LogP contribution in [0.1, 0.15) is 57.3 Å². The van der Waals surface area contributed by atoms with E-state index in [2.05, 4.69) is 46.0 Å². The van der Waals surface area contributed by atoms with Crippen LogP contribution in [0, 0.1) is 5.92 Å². The molecule has 1 aromatic carbocycles. The Morgan fingerprint density at radius 2 is 2.00 bits per heavy atom. The van der Waals surface area contributed by atoms with Crippen molar-refractivity contribution in [2.45, 2.75) is 70.7 Å². The van der Waals surface area contributed by atoms with Gasteiger partial charge in [-0.1, -0.05) is 26.8 Å². The topological polar surface area (TPSA) is 35.5 Å². The molecule has 2 rings (SSSR count). The fourth-order valence-electron chi connectivity index (χ4n) is 3.18. The molecule has 0 bridgehead atoms. The van der Waals surface area contributed by atoms with Crippen LogP contribution in [0.25, 0.3) is 0 Å². The van der Waals surface area contributed by atoms with Gasteiger partial charge in [0.1, 0.15) is 12.0 Å². The molecule has 1 aromatic rings. The van der Waals surface area contributed by atoms with Gasteiger partial charge in [0, 0.05) is 6.42 Å². The molecular formula is C20H32O3Si. The van der Waals surface area contributed by atoms with Crippen molar-refractivity contribution < 1.29 is 14.0 Å². The largest absolute Gasteiger partial charge is 0.497 e. The number of rotatable bonds is 6. The SMILES string of the molecule is COc1ccc2c(c1)CC[C@H](CCC=O)C2O[Si](C)(C)C(C)(C)C. The average molecular weight is 349 g/mol. The van der Waals surface area contributed by atoms with Gasteiger partial charge >= 0.3 is 0 Å². The minimum atomic E-state index is -1.88. The van der Waals surface area contributed by atoms with Crippen LogP contribution >= 0.6 is 0 Å². The summed E-state index contributed by atoms with van der Waals surface area (Å²) in [6.07, 6.45) is 4.77. The van der Waals surface area contributed by atoms with Crippen molar-refractivity contribution in [3.05, 3.63) is 29.3 Å². The molecule has 3 nitrogen and oxygen atoms in total. The second-order valence-electron chi connectivity index (χ2n) is 8.41. The molecule has 0 aliphatic heterocycles. The number of aryl methyl sites for hydroxylation is 1. The van der Waals surface area contributed by atoms with E-state index in [1.54, 1.807) is 7.11 Å². The van der Waals surface area contributed by atoms with E-state index in [1.165, 1.54) is 11.1 Å². The maximum absolute atomic E-state index is 10.9. The first kappa shape index (κ1) is 19.2. The first-order valence-corrected chi connectivity index (χ1v) is 11.9. The minimum Gasteiger partial charge on any atom is -0.497 e. The molecule has 0 N–H and O–H groups in total. The van der Waals surface area contributed by atoms with Gasteiger partial charge in [-0.3, -0.25) is 0 Å². The number of benzene rings is 1. The van der Waals surface area contributed by atoms with Gasteiger partial charge < -0.3 is 14.0 Å². The predicted octanol–water partition coefficient (Wildman–Crippen LogP) is 5.30. The maximum atomic E-state index is 10.9. The van der Waals surface area contributed by atoms with Gasteiger partial charge in [0.15, 0.2) is 8.32 Å². The number of methoxy groups -OCH3 is 1. The molecule has 4 heteroatoms. The Morgan fingerprint density at radius 1 is 1.29 bits per heavy atom. The van der Waals surface area contributed by atoms with Crippen molar-refractivity contribution in [3.63, 3.8) is 0 Å². The summed E-state index contributed by atoms with van der Waals surface area (Å²) in [7, 11) is -0.174. The lowest BCUT2D eigenvalue weighted by Gasteiger charge is -2.43. The van der Waals surface area contributed by atoms with Gasteiger partial charge in [-0.05, 0) is 66.6 Å². The zero-order valence-corrected chi connectivity index (χ0v) is 17.0. The van der Waals surface area contributed by atoms with Crippen LogP contribution in [-0.4, -0.2) is 21.7 Å². The standard InChI is InChI=1S/C20H32O3Si/c1-20(2,3)24(5,6)23-19-15(8-7-13-21)9-10-16-14-17(22-4)11-12-18(16)19/h11-15,19H,7-10H2,1-6H3/t15-,19?/m0/s1. The second-order valence-corrected chi connectivity index (χ2v) is 13.2. The highest BCUT2D eigenvalue weighted by atomic mass is 28.4. The molecule has 0 aromatic heterocycles. The summed E-state index contributed by atoms with van der Waals surface area (Å²) in [6, 6.07) is 6.34. The van der Waals surface area contributed by atoms with E-state index in [-0.39, 0.29) is 11.1 Å². The molecule has 134 valence electrons. The molecule has 0 radical (unpaired) electrons. The van der Waals surface area contributed by atoms with E-state index in [4.69, 9.17) is 9.16 Å². The molecule has 2 atom stereocenters. The Kier molecular flexibility index (Phi) is 5.92. The highest BCUT2D eigenvalue weighted by molar-refractivity contribution is 6.74. The molecule has 1 aliphatic carbocycles. The van der Waals surface area contributed by atoms with E-state index in [0.29, 0.717) is 12.3 Å². The minimum absolute atomic E-state index is 0.0977. The first-order valence-electron chi connectivity index (χ1n) is 8.98. The summed E-state index contributed by atoms with van der Waals surface area (Å²) in [4.78, 5) is 10.9. The normalized spacial score (nSPS) is 21.2. The van der Waals surface area contributed by atoms with Crippen LogP contribution < -0.4 is 4.74 Å². The van der Waals surface area contributed by atoms with E-state index >= 15 is 0 Å². The number of hydrogen-bond donors (Lipinski definition) is 0. The highest BCUT2D eigenvalue weighted by Gasteiger charge is 2.42. The lowest BCUT2D eigenvalue weighted by molar-refractivity contribution is -0.108. The summed E-state index contributed by atoms with van der Waals surface area (Å²) in [6.45, 7) is 11.4. The number of aldehydes is 1. The van der Waals surface area contributed by atoms with Crippen LogP contribution in [0.5, 0.6) is 5.75 Å². The van der Waals surface area contributed by atoms with Crippen molar-refractivity contribution in [1.82, 2.24) is 0 Å². The molecular weight excluding hydrogens is 316 g/mol. The number of carbonyl (C=O) groups is 1. The molecule has 0 spiro atoms. The van der Waals surface area contributed by atoms with Crippen molar-refractivity contribution in [1.29, 1.82) is 0 Å². The van der Waals surface area contributed by atoms with Crippen LogP contribution in [-0.2, 0) is 15.6 Å². The van der Waals surface area contributed by atoms with Gasteiger partial charge in [0.25, 0.3) is 0 Å². The summed E-state index contributed by atoms with van der Waals surface area (Å²) in [5, 5.41) is 0.173. The van der Waals surface area contributed by atoms with E-state index in [0.717, 1.165) is 31.3 Å².